The zero-order valence-electron chi connectivity index (χ0n) is 18.9. The van der Waals surface area contributed by atoms with Gasteiger partial charge >= 0.3 is 5.97 Å². The molecular formula is C27H27NO5. The van der Waals surface area contributed by atoms with Crippen LogP contribution in [0.2, 0.25) is 0 Å². The lowest BCUT2D eigenvalue weighted by Crippen LogP contribution is -2.13. The SMILES string of the molecule is CC(=O)/C(=C\N(C)C)c1cc(OCc2ccccc2)cc(OCc2ccccc2)c1C(=O)O. The molecule has 0 bridgehead atoms. The molecule has 0 fully saturated rings. The number of benzene rings is 3. The third-order valence-corrected chi connectivity index (χ3v) is 4.83. The summed E-state index contributed by atoms with van der Waals surface area (Å²) in [5.41, 5.74) is 2.27. The molecule has 3 aromatic carbocycles. The normalized spacial score (nSPS) is 11.1. The summed E-state index contributed by atoms with van der Waals surface area (Å²) in [6.45, 7) is 1.87. The molecule has 0 aliphatic heterocycles. The fraction of sp³-hybridized carbons (Fsp3) is 0.185. The van der Waals surface area contributed by atoms with Crippen LogP contribution in [-0.4, -0.2) is 35.9 Å². The smallest absolute Gasteiger partial charge is 0.340 e. The predicted octanol–water partition coefficient (Wildman–Crippen LogP) is 5.03. The molecule has 33 heavy (non-hydrogen) atoms. The monoisotopic (exact) mass is 445 g/mol. The fourth-order valence-corrected chi connectivity index (χ4v) is 3.30. The summed E-state index contributed by atoms with van der Waals surface area (Å²) < 4.78 is 11.9. The van der Waals surface area contributed by atoms with E-state index in [0.29, 0.717) is 5.75 Å². The first kappa shape index (κ1) is 23.6. The maximum Gasteiger partial charge on any atom is 0.340 e. The molecular weight excluding hydrogens is 418 g/mol. The third kappa shape index (κ3) is 6.46. The molecule has 0 amide bonds. The van der Waals surface area contributed by atoms with Crippen LogP contribution in [0.4, 0.5) is 0 Å². The number of hydrogen-bond acceptors (Lipinski definition) is 5. The minimum absolute atomic E-state index is 0.0821. The van der Waals surface area contributed by atoms with Crippen LogP contribution in [0.5, 0.6) is 11.5 Å². The molecule has 0 spiro atoms. The Morgan fingerprint density at radius 2 is 1.42 bits per heavy atom. The number of carbonyl (C=O) groups is 2. The van der Waals surface area contributed by atoms with E-state index in [1.807, 2.05) is 60.7 Å². The van der Waals surface area contributed by atoms with Gasteiger partial charge in [-0.25, -0.2) is 4.79 Å². The molecule has 6 nitrogen and oxygen atoms in total. The Hall–Kier alpha value is -4.06. The maximum atomic E-state index is 12.5. The van der Waals surface area contributed by atoms with Crippen molar-refractivity contribution < 1.29 is 24.2 Å². The highest BCUT2D eigenvalue weighted by Crippen LogP contribution is 2.35. The Labute approximate surface area is 193 Å². The van der Waals surface area contributed by atoms with Crippen molar-refractivity contribution in [3.63, 3.8) is 0 Å². The van der Waals surface area contributed by atoms with Gasteiger partial charge in [0.15, 0.2) is 5.78 Å². The van der Waals surface area contributed by atoms with Crippen LogP contribution in [0, 0.1) is 0 Å². The first-order valence-electron chi connectivity index (χ1n) is 10.5. The lowest BCUT2D eigenvalue weighted by molar-refractivity contribution is -0.111. The Kier molecular flexibility index (Phi) is 7.86. The van der Waals surface area contributed by atoms with Gasteiger partial charge in [0.2, 0.25) is 0 Å². The van der Waals surface area contributed by atoms with Gasteiger partial charge in [-0.2, -0.15) is 0 Å². The molecule has 0 radical (unpaired) electrons. The number of carbonyl (C=O) groups excluding carboxylic acids is 1. The third-order valence-electron chi connectivity index (χ3n) is 4.83. The molecule has 3 rings (SSSR count). The maximum absolute atomic E-state index is 12.5. The molecule has 6 heteroatoms. The number of Topliss-reactive ketones (excluding diaryl/α,β-unsaturated/α-hetero) is 1. The summed E-state index contributed by atoms with van der Waals surface area (Å²) in [6.07, 6.45) is 1.60. The highest BCUT2D eigenvalue weighted by molar-refractivity contribution is 6.22. The van der Waals surface area contributed by atoms with E-state index in [1.165, 1.54) is 6.92 Å². The lowest BCUT2D eigenvalue weighted by atomic mass is 9.96. The fourth-order valence-electron chi connectivity index (χ4n) is 3.30. The van der Waals surface area contributed by atoms with Gasteiger partial charge in [0.1, 0.15) is 30.3 Å². The molecule has 0 aromatic heterocycles. The number of ketones is 1. The van der Waals surface area contributed by atoms with E-state index in [4.69, 9.17) is 9.47 Å². The minimum Gasteiger partial charge on any atom is -0.489 e. The van der Waals surface area contributed by atoms with Gasteiger partial charge in [0, 0.05) is 37.5 Å². The number of hydrogen-bond donors (Lipinski definition) is 1. The summed E-state index contributed by atoms with van der Waals surface area (Å²) in [5, 5.41) is 10.0. The summed E-state index contributed by atoms with van der Waals surface area (Å²) >= 11 is 0. The largest absolute Gasteiger partial charge is 0.489 e. The van der Waals surface area contributed by atoms with Crippen molar-refractivity contribution in [2.45, 2.75) is 20.1 Å². The molecule has 170 valence electrons. The van der Waals surface area contributed by atoms with Gasteiger partial charge in [-0.3, -0.25) is 4.79 Å². The van der Waals surface area contributed by atoms with Gasteiger partial charge in [-0.1, -0.05) is 60.7 Å². The van der Waals surface area contributed by atoms with Crippen LogP contribution in [-0.2, 0) is 18.0 Å². The molecule has 0 heterocycles. The van der Waals surface area contributed by atoms with Gasteiger partial charge in [-0.15, -0.1) is 0 Å². The van der Waals surface area contributed by atoms with Crippen LogP contribution in [0.3, 0.4) is 0 Å². The van der Waals surface area contributed by atoms with Crippen molar-refractivity contribution in [1.29, 1.82) is 0 Å². The second-order valence-corrected chi connectivity index (χ2v) is 7.76. The number of nitrogens with zero attached hydrogens (tertiary/aromatic N) is 1. The first-order chi connectivity index (χ1) is 15.8. The standard InChI is InChI=1S/C27H27NO5/c1-19(29)24(16-28(2)3)23-14-22(32-17-20-10-6-4-7-11-20)15-25(26(23)27(30)31)33-18-21-12-8-5-9-13-21/h4-16H,17-18H2,1-3H3,(H,30,31)/b24-16+. The lowest BCUT2D eigenvalue weighted by Gasteiger charge is -2.18. The average Bonchev–Trinajstić information content (AvgIpc) is 2.80. The van der Waals surface area contributed by atoms with Crippen LogP contribution in [0.15, 0.2) is 79.0 Å². The van der Waals surface area contributed by atoms with Crippen molar-refractivity contribution in [2.24, 2.45) is 0 Å². The molecule has 0 aliphatic rings. The number of carboxylic acids is 1. The Morgan fingerprint density at radius 3 is 1.91 bits per heavy atom. The van der Waals surface area contributed by atoms with E-state index in [1.54, 1.807) is 37.3 Å². The van der Waals surface area contributed by atoms with Gasteiger partial charge in [-0.05, 0) is 24.1 Å². The van der Waals surface area contributed by atoms with E-state index in [-0.39, 0.29) is 41.4 Å². The highest BCUT2D eigenvalue weighted by atomic mass is 16.5. The molecule has 1 N–H and O–H groups in total. The van der Waals surface area contributed by atoms with Crippen LogP contribution in [0.25, 0.3) is 5.57 Å². The van der Waals surface area contributed by atoms with Gasteiger partial charge in [0.25, 0.3) is 0 Å². The second-order valence-electron chi connectivity index (χ2n) is 7.76. The highest BCUT2D eigenvalue weighted by Gasteiger charge is 2.24. The van der Waals surface area contributed by atoms with Crippen molar-refractivity contribution in [3.8, 4) is 11.5 Å². The van der Waals surface area contributed by atoms with E-state index in [0.717, 1.165) is 11.1 Å². The average molecular weight is 446 g/mol. The summed E-state index contributed by atoms with van der Waals surface area (Å²) in [5.74, 6) is -0.903. The van der Waals surface area contributed by atoms with Crippen molar-refractivity contribution >= 4 is 17.3 Å². The summed E-state index contributed by atoms with van der Waals surface area (Å²) in [7, 11) is 3.54. The van der Waals surface area contributed by atoms with Gasteiger partial charge in [0.05, 0.1) is 0 Å². The van der Waals surface area contributed by atoms with E-state index >= 15 is 0 Å². The molecule has 0 saturated heterocycles. The summed E-state index contributed by atoms with van der Waals surface area (Å²) in [6, 6.07) is 22.2. The predicted molar refractivity (Wildman–Crippen MR) is 127 cm³/mol. The molecule has 0 unspecified atom stereocenters. The number of aromatic carboxylic acids is 1. The van der Waals surface area contributed by atoms with Crippen molar-refractivity contribution in [3.05, 3.63) is 101 Å². The Bertz CT molecular complexity index is 1140. The number of carboxylic acid groups (broad SMARTS) is 1. The molecule has 3 aromatic rings. The van der Waals surface area contributed by atoms with Crippen LogP contribution >= 0.6 is 0 Å². The zero-order valence-corrected chi connectivity index (χ0v) is 18.9. The Balaban J connectivity index is 2.07. The summed E-state index contributed by atoms with van der Waals surface area (Å²) in [4.78, 5) is 26.4. The van der Waals surface area contributed by atoms with Gasteiger partial charge < -0.3 is 19.5 Å². The van der Waals surface area contributed by atoms with E-state index in [9.17, 15) is 14.7 Å². The van der Waals surface area contributed by atoms with Crippen molar-refractivity contribution in [2.75, 3.05) is 14.1 Å². The number of ether oxygens (including phenoxy) is 2. The van der Waals surface area contributed by atoms with Crippen molar-refractivity contribution in [1.82, 2.24) is 4.90 Å². The molecule has 0 aliphatic carbocycles. The Morgan fingerprint density at radius 1 is 0.879 bits per heavy atom. The second kappa shape index (κ2) is 11.0. The molecule has 0 saturated carbocycles. The van der Waals surface area contributed by atoms with E-state index in [2.05, 4.69) is 0 Å². The van der Waals surface area contributed by atoms with Crippen LogP contribution in [0.1, 0.15) is 34.0 Å². The number of rotatable bonds is 10. The first-order valence-corrected chi connectivity index (χ1v) is 10.5. The molecule has 0 atom stereocenters. The number of allylic oxidation sites excluding steroid dienone is 1. The zero-order chi connectivity index (χ0) is 23.8. The van der Waals surface area contributed by atoms with Crippen LogP contribution < -0.4 is 9.47 Å². The van der Waals surface area contributed by atoms with E-state index < -0.39 is 5.97 Å². The topological polar surface area (TPSA) is 76.1 Å². The minimum atomic E-state index is -1.19. The quantitative estimate of drug-likeness (QED) is 0.441.